The van der Waals surface area contributed by atoms with E-state index in [1.165, 1.54) is 23.4 Å². The number of rotatable bonds is 5. The lowest BCUT2D eigenvalue weighted by atomic mass is 10.1. The van der Waals surface area contributed by atoms with Crippen molar-refractivity contribution >= 4 is 5.91 Å². The second-order valence-corrected chi connectivity index (χ2v) is 5.80. The SMILES string of the molecule is CCn1ncnc1-c1cc(F)cc(C(=O)N(C)Cc2ccc(C)o2)c1. The van der Waals surface area contributed by atoms with Crippen LogP contribution in [0.1, 0.15) is 28.8 Å². The van der Waals surface area contributed by atoms with Gasteiger partial charge in [0.25, 0.3) is 5.91 Å². The topological polar surface area (TPSA) is 64.2 Å². The fraction of sp³-hybridized carbons (Fsp3) is 0.278. The van der Waals surface area contributed by atoms with Gasteiger partial charge in [0.15, 0.2) is 5.82 Å². The molecular formula is C18H19FN4O2. The summed E-state index contributed by atoms with van der Waals surface area (Å²) in [5.41, 5.74) is 0.774. The fourth-order valence-corrected chi connectivity index (χ4v) is 2.66. The van der Waals surface area contributed by atoms with Crippen LogP contribution in [0.5, 0.6) is 0 Å². The van der Waals surface area contributed by atoms with Gasteiger partial charge >= 0.3 is 0 Å². The molecule has 0 aliphatic carbocycles. The molecule has 3 rings (SSSR count). The molecule has 0 spiro atoms. The number of aromatic nitrogens is 3. The van der Waals surface area contributed by atoms with Crippen molar-refractivity contribution in [1.82, 2.24) is 19.7 Å². The van der Waals surface area contributed by atoms with Crippen molar-refractivity contribution in [3.63, 3.8) is 0 Å². The zero-order valence-corrected chi connectivity index (χ0v) is 14.4. The van der Waals surface area contributed by atoms with E-state index in [-0.39, 0.29) is 11.5 Å². The lowest BCUT2D eigenvalue weighted by molar-refractivity contribution is 0.0774. The Labute approximate surface area is 144 Å². The molecule has 7 heteroatoms. The van der Waals surface area contributed by atoms with Crippen molar-refractivity contribution in [2.75, 3.05) is 7.05 Å². The predicted octanol–water partition coefficient (Wildman–Crippen LogP) is 3.28. The van der Waals surface area contributed by atoms with E-state index >= 15 is 0 Å². The summed E-state index contributed by atoms with van der Waals surface area (Å²) in [6.07, 6.45) is 1.41. The van der Waals surface area contributed by atoms with E-state index in [1.54, 1.807) is 17.8 Å². The lowest BCUT2D eigenvalue weighted by Crippen LogP contribution is -2.26. The van der Waals surface area contributed by atoms with Gasteiger partial charge in [-0.3, -0.25) is 4.79 Å². The second-order valence-electron chi connectivity index (χ2n) is 5.80. The second kappa shape index (κ2) is 6.88. The van der Waals surface area contributed by atoms with Crippen molar-refractivity contribution in [2.24, 2.45) is 0 Å². The van der Waals surface area contributed by atoms with E-state index in [1.807, 2.05) is 26.0 Å². The molecule has 0 radical (unpaired) electrons. The van der Waals surface area contributed by atoms with Gasteiger partial charge in [0, 0.05) is 24.7 Å². The zero-order chi connectivity index (χ0) is 18.0. The average Bonchev–Trinajstić information content (AvgIpc) is 3.22. The Bertz CT molecular complexity index is 900. The van der Waals surface area contributed by atoms with Crippen molar-refractivity contribution in [3.05, 3.63) is 59.6 Å². The highest BCUT2D eigenvalue weighted by Gasteiger charge is 2.17. The van der Waals surface area contributed by atoms with Crippen LogP contribution < -0.4 is 0 Å². The van der Waals surface area contributed by atoms with Crippen LogP contribution in [0.15, 0.2) is 41.1 Å². The number of benzene rings is 1. The minimum atomic E-state index is -0.492. The van der Waals surface area contributed by atoms with Crippen molar-refractivity contribution in [1.29, 1.82) is 0 Å². The number of halogens is 1. The molecule has 2 heterocycles. The van der Waals surface area contributed by atoms with E-state index in [2.05, 4.69) is 10.1 Å². The summed E-state index contributed by atoms with van der Waals surface area (Å²) in [6.45, 7) is 4.67. The highest BCUT2D eigenvalue weighted by atomic mass is 19.1. The minimum Gasteiger partial charge on any atom is -0.464 e. The van der Waals surface area contributed by atoms with Crippen LogP contribution in [0.3, 0.4) is 0 Å². The first kappa shape index (κ1) is 16.9. The van der Waals surface area contributed by atoms with E-state index in [0.29, 0.717) is 30.2 Å². The molecule has 0 saturated carbocycles. The van der Waals surface area contributed by atoms with Crippen molar-refractivity contribution in [3.8, 4) is 11.4 Å². The Morgan fingerprint density at radius 3 is 2.80 bits per heavy atom. The van der Waals surface area contributed by atoms with Gasteiger partial charge in [-0.25, -0.2) is 14.1 Å². The monoisotopic (exact) mass is 342 g/mol. The number of carbonyl (C=O) groups excluding carboxylic acids is 1. The molecule has 6 nitrogen and oxygen atoms in total. The first-order valence-electron chi connectivity index (χ1n) is 7.97. The quantitative estimate of drug-likeness (QED) is 0.714. The summed E-state index contributed by atoms with van der Waals surface area (Å²) in [6, 6.07) is 7.86. The number of furan rings is 1. The third-order valence-corrected chi connectivity index (χ3v) is 3.85. The Hall–Kier alpha value is -2.96. The number of aryl methyl sites for hydroxylation is 2. The van der Waals surface area contributed by atoms with Crippen LogP contribution in [0.25, 0.3) is 11.4 Å². The number of hydrogen-bond donors (Lipinski definition) is 0. The maximum atomic E-state index is 14.1. The first-order valence-corrected chi connectivity index (χ1v) is 7.97. The summed E-state index contributed by atoms with van der Waals surface area (Å²) in [4.78, 5) is 18.3. The predicted molar refractivity (Wildman–Crippen MR) is 90.3 cm³/mol. The molecule has 0 N–H and O–H groups in total. The van der Waals surface area contributed by atoms with Gasteiger partial charge in [-0.15, -0.1) is 0 Å². The molecule has 3 aromatic rings. The van der Waals surface area contributed by atoms with Gasteiger partial charge in [0.05, 0.1) is 6.54 Å². The molecule has 1 aromatic carbocycles. The molecule has 1 amide bonds. The smallest absolute Gasteiger partial charge is 0.254 e. The molecule has 0 fully saturated rings. The fourth-order valence-electron chi connectivity index (χ4n) is 2.66. The Morgan fingerprint density at radius 1 is 1.32 bits per heavy atom. The molecular weight excluding hydrogens is 323 g/mol. The molecule has 0 saturated heterocycles. The van der Waals surface area contributed by atoms with Crippen LogP contribution in [-0.2, 0) is 13.1 Å². The van der Waals surface area contributed by atoms with Crippen molar-refractivity contribution < 1.29 is 13.6 Å². The van der Waals surface area contributed by atoms with Crippen molar-refractivity contribution in [2.45, 2.75) is 26.9 Å². The lowest BCUT2D eigenvalue weighted by Gasteiger charge is -2.16. The molecule has 0 aliphatic rings. The van der Waals surface area contributed by atoms with E-state index in [4.69, 9.17) is 4.42 Å². The maximum absolute atomic E-state index is 14.1. The van der Waals surface area contributed by atoms with Gasteiger partial charge in [0.1, 0.15) is 23.7 Å². The van der Waals surface area contributed by atoms with E-state index in [0.717, 1.165) is 5.76 Å². The maximum Gasteiger partial charge on any atom is 0.254 e. The van der Waals surface area contributed by atoms with Gasteiger partial charge in [-0.05, 0) is 44.2 Å². The number of carbonyl (C=O) groups is 1. The molecule has 0 bridgehead atoms. The molecule has 2 aromatic heterocycles. The van der Waals surface area contributed by atoms with Crippen LogP contribution in [-0.4, -0.2) is 32.6 Å². The third kappa shape index (κ3) is 3.60. The zero-order valence-electron chi connectivity index (χ0n) is 14.4. The summed E-state index contributed by atoms with van der Waals surface area (Å²) in [7, 11) is 1.65. The van der Waals surface area contributed by atoms with E-state index in [9.17, 15) is 9.18 Å². The summed E-state index contributed by atoms with van der Waals surface area (Å²) < 4.78 is 21.2. The van der Waals surface area contributed by atoms with Crippen LogP contribution >= 0.6 is 0 Å². The normalized spacial score (nSPS) is 10.9. The highest BCUT2D eigenvalue weighted by Crippen LogP contribution is 2.21. The van der Waals surface area contributed by atoms with Crippen LogP contribution in [0.2, 0.25) is 0 Å². The van der Waals surface area contributed by atoms with Gasteiger partial charge in [-0.2, -0.15) is 5.10 Å². The summed E-state index contributed by atoms with van der Waals surface area (Å²) in [5, 5.41) is 4.08. The first-order chi connectivity index (χ1) is 12.0. The standard InChI is InChI=1S/C18H19FN4O2/c1-4-23-17(20-11-21-23)13-7-14(9-15(19)8-13)18(24)22(3)10-16-6-5-12(2)25-16/h5-9,11H,4,10H2,1-3H3. The highest BCUT2D eigenvalue weighted by molar-refractivity contribution is 5.95. The molecule has 0 atom stereocenters. The van der Waals surface area contributed by atoms with Crippen LogP contribution in [0, 0.1) is 12.7 Å². The van der Waals surface area contributed by atoms with Crippen LogP contribution in [0.4, 0.5) is 4.39 Å². The summed E-state index contributed by atoms with van der Waals surface area (Å²) >= 11 is 0. The average molecular weight is 342 g/mol. The van der Waals surface area contributed by atoms with Gasteiger partial charge < -0.3 is 9.32 Å². The number of nitrogens with zero attached hydrogens (tertiary/aromatic N) is 4. The Morgan fingerprint density at radius 2 is 2.12 bits per heavy atom. The summed E-state index contributed by atoms with van der Waals surface area (Å²) in [5.74, 6) is 1.20. The minimum absolute atomic E-state index is 0.256. The number of amides is 1. The molecule has 130 valence electrons. The number of hydrogen-bond acceptors (Lipinski definition) is 4. The largest absolute Gasteiger partial charge is 0.464 e. The van der Waals surface area contributed by atoms with Gasteiger partial charge in [-0.1, -0.05) is 0 Å². The molecule has 0 aliphatic heterocycles. The molecule has 0 unspecified atom stereocenters. The molecule has 25 heavy (non-hydrogen) atoms. The Kier molecular flexibility index (Phi) is 4.65. The third-order valence-electron chi connectivity index (χ3n) is 3.85. The van der Waals surface area contributed by atoms with Gasteiger partial charge in [0.2, 0.25) is 0 Å². The Balaban J connectivity index is 1.87. The van der Waals surface area contributed by atoms with E-state index < -0.39 is 5.82 Å².